The van der Waals surface area contributed by atoms with Crippen LogP contribution in [0.15, 0.2) is 24.3 Å². The molecular weight excluding hydrogens is 220 g/mol. The van der Waals surface area contributed by atoms with Gasteiger partial charge in [0.25, 0.3) is 5.92 Å². The minimum absolute atomic E-state index is 0. The summed E-state index contributed by atoms with van der Waals surface area (Å²) in [5, 5.41) is 3.01. The average Bonchev–Trinajstić information content (AvgIpc) is 2.14. The van der Waals surface area contributed by atoms with Gasteiger partial charge in [-0.25, -0.2) is 8.78 Å². The van der Waals surface area contributed by atoms with Gasteiger partial charge in [0.15, 0.2) is 0 Å². The molecule has 0 aliphatic carbocycles. The van der Waals surface area contributed by atoms with Crippen molar-refractivity contribution in [2.45, 2.75) is 19.3 Å². The Morgan fingerprint density at radius 1 is 1.20 bits per heavy atom. The fourth-order valence-corrected chi connectivity index (χ4v) is 1.23. The molecule has 0 fully saturated rings. The number of benzene rings is 1. The van der Waals surface area contributed by atoms with E-state index in [-0.39, 0.29) is 18.0 Å². The van der Waals surface area contributed by atoms with Gasteiger partial charge in [-0.15, -0.1) is 12.4 Å². The summed E-state index contributed by atoms with van der Waals surface area (Å²) >= 11 is 0. The van der Waals surface area contributed by atoms with E-state index < -0.39 is 5.92 Å². The summed E-state index contributed by atoms with van der Waals surface area (Å²) in [5.74, 6) is -2.73. The van der Waals surface area contributed by atoms with Crippen molar-refractivity contribution < 1.29 is 8.78 Å². The predicted octanol–water partition coefficient (Wildman–Crippen LogP) is 2.98. The lowest BCUT2D eigenvalue weighted by Crippen LogP contribution is -2.11. The SMILES string of the molecule is CNCCc1ccc(C(C)(F)F)cc1.Cl. The standard InChI is InChI=1S/C11H15F2N.ClH/c1-11(12,13)10-5-3-9(4-6-10)7-8-14-2;/h3-6,14H,7-8H2,1-2H3;1H. The van der Waals surface area contributed by atoms with E-state index in [4.69, 9.17) is 0 Å². The molecule has 1 aromatic rings. The maximum atomic E-state index is 12.8. The van der Waals surface area contributed by atoms with Crippen LogP contribution in [0.25, 0.3) is 0 Å². The molecule has 0 aromatic heterocycles. The fraction of sp³-hybridized carbons (Fsp3) is 0.455. The third-order valence-corrected chi connectivity index (χ3v) is 2.12. The fourth-order valence-electron chi connectivity index (χ4n) is 1.23. The molecular formula is C11H16ClF2N. The van der Waals surface area contributed by atoms with Crippen LogP contribution in [0, 0.1) is 0 Å². The van der Waals surface area contributed by atoms with Gasteiger partial charge in [0.05, 0.1) is 0 Å². The van der Waals surface area contributed by atoms with Crippen molar-refractivity contribution in [2.75, 3.05) is 13.6 Å². The highest BCUT2D eigenvalue weighted by molar-refractivity contribution is 5.85. The first kappa shape index (κ1) is 14.3. The molecule has 0 aliphatic heterocycles. The van der Waals surface area contributed by atoms with E-state index in [1.54, 1.807) is 12.1 Å². The van der Waals surface area contributed by atoms with E-state index in [1.807, 2.05) is 7.05 Å². The normalized spacial score (nSPS) is 10.9. The molecule has 0 unspecified atom stereocenters. The second-order valence-corrected chi connectivity index (χ2v) is 3.44. The van der Waals surface area contributed by atoms with Crippen molar-refractivity contribution in [1.82, 2.24) is 5.32 Å². The summed E-state index contributed by atoms with van der Waals surface area (Å²) < 4.78 is 25.7. The monoisotopic (exact) mass is 235 g/mol. The Hall–Kier alpha value is -0.670. The van der Waals surface area contributed by atoms with Crippen LogP contribution in [0.1, 0.15) is 18.1 Å². The number of rotatable bonds is 4. The van der Waals surface area contributed by atoms with Crippen molar-refractivity contribution in [1.29, 1.82) is 0 Å². The number of hydrogen-bond acceptors (Lipinski definition) is 1. The van der Waals surface area contributed by atoms with Gasteiger partial charge in [0.1, 0.15) is 0 Å². The molecule has 1 N–H and O–H groups in total. The van der Waals surface area contributed by atoms with Gasteiger partial charge in [-0.2, -0.15) is 0 Å². The summed E-state index contributed by atoms with van der Waals surface area (Å²) in [5.41, 5.74) is 1.15. The number of nitrogens with one attached hydrogen (secondary N) is 1. The van der Waals surface area contributed by atoms with Crippen LogP contribution in [0.4, 0.5) is 8.78 Å². The van der Waals surface area contributed by atoms with E-state index in [9.17, 15) is 8.78 Å². The average molecular weight is 236 g/mol. The summed E-state index contributed by atoms with van der Waals surface area (Å²) in [6.45, 7) is 1.78. The molecule has 86 valence electrons. The lowest BCUT2D eigenvalue weighted by atomic mass is 10.1. The number of halogens is 3. The van der Waals surface area contributed by atoms with Crippen LogP contribution in [-0.4, -0.2) is 13.6 Å². The Bertz CT molecular complexity index is 280. The molecule has 0 saturated heterocycles. The summed E-state index contributed by atoms with van der Waals surface area (Å²) in [6, 6.07) is 6.49. The molecule has 0 spiro atoms. The van der Waals surface area contributed by atoms with Gasteiger partial charge in [0, 0.05) is 12.5 Å². The second-order valence-electron chi connectivity index (χ2n) is 3.44. The van der Waals surface area contributed by atoms with Crippen LogP contribution >= 0.6 is 12.4 Å². The number of alkyl halides is 2. The highest BCUT2D eigenvalue weighted by Gasteiger charge is 2.23. The van der Waals surface area contributed by atoms with Crippen molar-refractivity contribution in [3.05, 3.63) is 35.4 Å². The van der Waals surface area contributed by atoms with E-state index in [2.05, 4.69) is 5.32 Å². The molecule has 1 rings (SSSR count). The largest absolute Gasteiger partial charge is 0.319 e. The Kier molecular flexibility index (Phi) is 5.76. The van der Waals surface area contributed by atoms with Crippen LogP contribution in [0.5, 0.6) is 0 Å². The van der Waals surface area contributed by atoms with Gasteiger partial charge in [-0.05, 0) is 25.6 Å². The van der Waals surface area contributed by atoms with Crippen LogP contribution < -0.4 is 5.32 Å². The van der Waals surface area contributed by atoms with Crippen molar-refractivity contribution >= 4 is 12.4 Å². The smallest absolute Gasteiger partial charge is 0.270 e. The quantitative estimate of drug-likeness (QED) is 0.846. The molecule has 1 nitrogen and oxygen atoms in total. The van der Waals surface area contributed by atoms with Crippen LogP contribution in [0.2, 0.25) is 0 Å². The van der Waals surface area contributed by atoms with Gasteiger partial charge < -0.3 is 5.32 Å². The minimum atomic E-state index is -2.73. The third kappa shape index (κ3) is 4.58. The summed E-state index contributed by atoms with van der Waals surface area (Å²) in [7, 11) is 1.87. The summed E-state index contributed by atoms with van der Waals surface area (Å²) in [6.07, 6.45) is 0.867. The van der Waals surface area contributed by atoms with E-state index in [0.29, 0.717) is 0 Å². The Morgan fingerprint density at radius 3 is 2.13 bits per heavy atom. The first-order chi connectivity index (χ1) is 6.54. The van der Waals surface area contributed by atoms with Gasteiger partial charge >= 0.3 is 0 Å². The maximum absolute atomic E-state index is 12.8. The highest BCUT2D eigenvalue weighted by atomic mass is 35.5. The first-order valence-electron chi connectivity index (χ1n) is 4.66. The van der Waals surface area contributed by atoms with Crippen LogP contribution in [0.3, 0.4) is 0 Å². The predicted molar refractivity (Wildman–Crippen MR) is 60.9 cm³/mol. The van der Waals surface area contributed by atoms with Crippen molar-refractivity contribution in [2.24, 2.45) is 0 Å². The van der Waals surface area contributed by atoms with Gasteiger partial charge in [-0.3, -0.25) is 0 Å². The maximum Gasteiger partial charge on any atom is 0.270 e. The first-order valence-corrected chi connectivity index (χ1v) is 4.66. The Labute approximate surface area is 95.3 Å². The highest BCUT2D eigenvalue weighted by Crippen LogP contribution is 2.26. The molecule has 1 aromatic carbocycles. The zero-order valence-electron chi connectivity index (χ0n) is 8.89. The van der Waals surface area contributed by atoms with E-state index >= 15 is 0 Å². The lowest BCUT2D eigenvalue weighted by molar-refractivity contribution is 0.0174. The van der Waals surface area contributed by atoms with E-state index in [1.165, 1.54) is 12.1 Å². The molecule has 0 aliphatic rings. The molecule has 0 amide bonds. The zero-order valence-corrected chi connectivity index (χ0v) is 9.70. The van der Waals surface area contributed by atoms with Crippen LogP contribution in [-0.2, 0) is 12.3 Å². The molecule has 0 bridgehead atoms. The molecule has 4 heteroatoms. The minimum Gasteiger partial charge on any atom is -0.319 e. The van der Waals surface area contributed by atoms with Gasteiger partial charge in [0.2, 0.25) is 0 Å². The van der Waals surface area contributed by atoms with Crippen molar-refractivity contribution in [3.63, 3.8) is 0 Å². The molecule has 0 atom stereocenters. The summed E-state index contributed by atoms with van der Waals surface area (Å²) in [4.78, 5) is 0. The topological polar surface area (TPSA) is 12.0 Å². The Balaban J connectivity index is 0.00000196. The zero-order chi connectivity index (χ0) is 10.6. The third-order valence-electron chi connectivity index (χ3n) is 2.12. The molecule has 15 heavy (non-hydrogen) atoms. The Morgan fingerprint density at radius 2 is 1.73 bits per heavy atom. The van der Waals surface area contributed by atoms with E-state index in [0.717, 1.165) is 25.5 Å². The van der Waals surface area contributed by atoms with Gasteiger partial charge in [-0.1, -0.05) is 24.3 Å². The number of hydrogen-bond donors (Lipinski definition) is 1. The molecule has 0 heterocycles. The lowest BCUT2D eigenvalue weighted by Gasteiger charge is -2.10. The number of likely N-dealkylation sites (N-methyl/N-ethyl adjacent to an activating group) is 1. The molecule has 0 radical (unpaired) electrons. The van der Waals surface area contributed by atoms with Crippen molar-refractivity contribution in [3.8, 4) is 0 Å². The second kappa shape index (κ2) is 6.03. The molecule has 0 saturated carbocycles.